The number of benzene rings is 1. The number of nitrogens with zero attached hydrogens (tertiary/aromatic N) is 5. The molecule has 0 saturated carbocycles. The van der Waals surface area contributed by atoms with Crippen molar-refractivity contribution in [3.05, 3.63) is 42.2 Å². The Morgan fingerprint density at radius 3 is 2.75 bits per heavy atom. The molecule has 3 aromatic heterocycles. The lowest BCUT2D eigenvalue weighted by Gasteiger charge is -2.06. The van der Waals surface area contributed by atoms with Crippen LogP contribution in [0.4, 0.5) is 8.78 Å². The second kappa shape index (κ2) is 6.44. The fraction of sp³-hybridized carbons (Fsp3) is 0.176. The minimum absolute atomic E-state index is 0.00916. The Morgan fingerprint density at radius 2 is 2.11 bits per heavy atom. The first-order valence-electron chi connectivity index (χ1n) is 8.15. The monoisotopic (exact) mass is 387 g/mol. The van der Waals surface area contributed by atoms with E-state index in [4.69, 9.17) is 4.74 Å². The molecular weight excluding hydrogens is 372 g/mol. The van der Waals surface area contributed by atoms with Crippen molar-refractivity contribution in [3.63, 3.8) is 0 Å². The number of amides is 1. The molecule has 0 radical (unpaired) electrons. The third-order valence-electron chi connectivity index (χ3n) is 4.42. The van der Waals surface area contributed by atoms with Crippen LogP contribution in [0.25, 0.3) is 28.1 Å². The Labute approximate surface area is 157 Å². The molecule has 144 valence electrons. The number of aromatic nitrogens is 6. The van der Waals surface area contributed by atoms with Crippen LogP contribution in [0.15, 0.2) is 24.8 Å². The molecule has 0 aliphatic carbocycles. The zero-order valence-corrected chi connectivity index (χ0v) is 15.1. The molecule has 1 aromatic carbocycles. The lowest BCUT2D eigenvalue weighted by molar-refractivity contribution is 0.0953. The lowest BCUT2D eigenvalue weighted by atomic mass is 10.2. The summed E-state index contributed by atoms with van der Waals surface area (Å²) in [6.07, 6.45) is 4.72. The third kappa shape index (κ3) is 2.43. The van der Waals surface area contributed by atoms with E-state index in [2.05, 4.69) is 25.5 Å². The van der Waals surface area contributed by atoms with Gasteiger partial charge < -0.3 is 19.2 Å². The van der Waals surface area contributed by atoms with Crippen molar-refractivity contribution in [2.45, 2.75) is 0 Å². The number of hydrogen-bond donors (Lipinski definition) is 2. The molecular formula is C17H15F2N7O2. The average Bonchev–Trinajstić information content (AvgIpc) is 3.42. The second-order valence-corrected chi connectivity index (χ2v) is 5.92. The number of rotatable bonds is 4. The van der Waals surface area contributed by atoms with Crippen molar-refractivity contribution in [2.75, 3.05) is 14.2 Å². The topological polar surface area (TPSA) is 103 Å². The number of H-pyrrole nitrogens is 1. The van der Waals surface area contributed by atoms with Crippen LogP contribution in [0, 0.1) is 11.6 Å². The van der Waals surface area contributed by atoms with Crippen molar-refractivity contribution in [1.82, 2.24) is 34.6 Å². The summed E-state index contributed by atoms with van der Waals surface area (Å²) in [7, 11) is 4.28. The van der Waals surface area contributed by atoms with Gasteiger partial charge in [-0.25, -0.2) is 14.4 Å². The standard InChI is InChI=1S/C17H15F2N7O2/c1-20-17(27)16-22-15(23-24-16)14-13(26-5-4-21-7-26)8-6-9(28-3)10(18)11(19)12(8)25(14)2/h4-7H,1-3H3,(H,20,27)(H,22,23,24). The molecule has 4 rings (SSSR count). The van der Waals surface area contributed by atoms with Gasteiger partial charge in [0, 0.05) is 31.9 Å². The van der Waals surface area contributed by atoms with Crippen molar-refractivity contribution in [2.24, 2.45) is 7.05 Å². The highest BCUT2D eigenvalue weighted by Gasteiger charge is 2.27. The minimum Gasteiger partial charge on any atom is -0.494 e. The molecule has 9 nitrogen and oxygen atoms in total. The van der Waals surface area contributed by atoms with Crippen LogP contribution in [0.2, 0.25) is 0 Å². The van der Waals surface area contributed by atoms with Gasteiger partial charge in [-0.15, -0.1) is 5.10 Å². The number of aryl methyl sites for hydroxylation is 1. The predicted molar refractivity (Wildman–Crippen MR) is 95.3 cm³/mol. The molecule has 0 bridgehead atoms. The van der Waals surface area contributed by atoms with Crippen LogP contribution in [-0.2, 0) is 7.05 Å². The summed E-state index contributed by atoms with van der Waals surface area (Å²) in [5, 5.41) is 9.38. The summed E-state index contributed by atoms with van der Waals surface area (Å²) in [6, 6.07) is 1.41. The molecule has 1 amide bonds. The summed E-state index contributed by atoms with van der Waals surface area (Å²) >= 11 is 0. The summed E-state index contributed by atoms with van der Waals surface area (Å²) in [5.41, 5.74) is 0.879. The SMILES string of the molecule is CNC(=O)c1n[nH]c(-c2c(-n3ccnc3)c3cc(OC)c(F)c(F)c3n2C)n1. The molecule has 0 unspecified atom stereocenters. The Balaban J connectivity index is 2.09. The number of nitrogens with one attached hydrogen (secondary N) is 2. The van der Waals surface area contributed by atoms with E-state index in [0.717, 1.165) is 0 Å². The van der Waals surface area contributed by atoms with Crippen LogP contribution in [0.5, 0.6) is 5.75 Å². The first-order valence-corrected chi connectivity index (χ1v) is 8.15. The first kappa shape index (κ1) is 17.6. The maximum Gasteiger partial charge on any atom is 0.290 e. The highest BCUT2D eigenvalue weighted by Crippen LogP contribution is 2.39. The van der Waals surface area contributed by atoms with Gasteiger partial charge in [0.1, 0.15) is 5.69 Å². The van der Waals surface area contributed by atoms with E-state index < -0.39 is 17.5 Å². The molecule has 0 aliphatic rings. The lowest BCUT2D eigenvalue weighted by Crippen LogP contribution is -2.19. The number of methoxy groups -OCH3 is 1. The molecule has 0 spiro atoms. The molecule has 0 saturated heterocycles. The van der Waals surface area contributed by atoms with E-state index in [0.29, 0.717) is 16.8 Å². The summed E-state index contributed by atoms with van der Waals surface area (Å²) in [4.78, 5) is 20.0. The Morgan fingerprint density at radius 1 is 1.32 bits per heavy atom. The summed E-state index contributed by atoms with van der Waals surface area (Å²) in [5.74, 6) is -2.74. The summed E-state index contributed by atoms with van der Waals surface area (Å²) < 4.78 is 37.2. The van der Waals surface area contributed by atoms with Gasteiger partial charge in [0.25, 0.3) is 5.91 Å². The number of ether oxygens (including phenoxy) is 1. The fourth-order valence-electron chi connectivity index (χ4n) is 3.15. The van der Waals surface area contributed by atoms with Gasteiger partial charge in [-0.2, -0.15) is 4.39 Å². The highest BCUT2D eigenvalue weighted by molar-refractivity contribution is 5.98. The number of aromatic amines is 1. The van der Waals surface area contributed by atoms with Crippen LogP contribution >= 0.6 is 0 Å². The van der Waals surface area contributed by atoms with E-state index in [1.807, 2.05) is 0 Å². The smallest absolute Gasteiger partial charge is 0.290 e. The van der Waals surface area contributed by atoms with E-state index in [1.165, 1.54) is 31.1 Å². The van der Waals surface area contributed by atoms with Crippen LogP contribution in [0.3, 0.4) is 0 Å². The number of imidazole rings is 1. The quantitative estimate of drug-likeness (QED) is 0.556. The molecule has 3 heterocycles. The van der Waals surface area contributed by atoms with Gasteiger partial charge >= 0.3 is 0 Å². The predicted octanol–water partition coefficient (Wildman–Crippen LogP) is 1.80. The van der Waals surface area contributed by atoms with Gasteiger partial charge in [-0.1, -0.05) is 0 Å². The maximum atomic E-state index is 14.8. The van der Waals surface area contributed by atoms with Gasteiger partial charge in [0.05, 0.1) is 24.6 Å². The van der Waals surface area contributed by atoms with Crippen molar-refractivity contribution >= 4 is 16.8 Å². The number of halogens is 2. The molecule has 4 aromatic rings. The zero-order chi connectivity index (χ0) is 20.0. The van der Waals surface area contributed by atoms with Gasteiger partial charge in [-0.3, -0.25) is 9.89 Å². The molecule has 0 fully saturated rings. The molecule has 0 atom stereocenters. The van der Waals surface area contributed by atoms with Crippen molar-refractivity contribution < 1.29 is 18.3 Å². The first-order chi connectivity index (χ1) is 13.5. The molecule has 11 heteroatoms. The normalized spacial score (nSPS) is 11.2. The number of carbonyl (C=O) groups is 1. The summed E-state index contributed by atoms with van der Waals surface area (Å²) in [6.45, 7) is 0. The van der Waals surface area contributed by atoms with Gasteiger partial charge in [0.15, 0.2) is 17.4 Å². The van der Waals surface area contributed by atoms with E-state index >= 15 is 0 Å². The van der Waals surface area contributed by atoms with E-state index in [1.54, 1.807) is 24.0 Å². The van der Waals surface area contributed by atoms with Gasteiger partial charge in [0.2, 0.25) is 11.6 Å². The second-order valence-electron chi connectivity index (χ2n) is 5.92. The average molecular weight is 387 g/mol. The van der Waals surface area contributed by atoms with Crippen molar-refractivity contribution in [1.29, 1.82) is 0 Å². The largest absolute Gasteiger partial charge is 0.494 e. The van der Waals surface area contributed by atoms with Crippen LogP contribution in [-0.4, -0.2) is 49.4 Å². The zero-order valence-electron chi connectivity index (χ0n) is 15.1. The molecule has 28 heavy (non-hydrogen) atoms. The van der Waals surface area contributed by atoms with Crippen LogP contribution < -0.4 is 10.1 Å². The number of carbonyl (C=O) groups excluding carboxylic acids is 1. The maximum absolute atomic E-state index is 14.8. The highest BCUT2D eigenvalue weighted by atomic mass is 19.2. The third-order valence-corrected chi connectivity index (χ3v) is 4.42. The Bertz CT molecular complexity index is 1190. The van der Waals surface area contributed by atoms with E-state index in [9.17, 15) is 13.6 Å². The Kier molecular flexibility index (Phi) is 4.06. The number of fused-ring (bicyclic) bond motifs is 1. The minimum atomic E-state index is -1.09. The molecule has 2 N–H and O–H groups in total. The fourth-order valence-corrected chi connectivity index (χ4v) is 3.15. The van der Waals surface area contributed by atoms with Crippen molar-refractivity contribution in [3.8, 4) is 23.0 Å². The van der Waals surface area contributed by atoms with E-state index in [-0.39, 0.29) is 22.9 Å². The number of hydrogen-bond acceptors (Lipinski definition) is 5. The van der Waals surface area contributed by atoms with Crippen LogP contribution in [0.1, 0.15) is 10.6 Å². The van der Waals surface area contributed by atoms with Gasteiger partial charge in [-0.05, 0) is 6.07 Å². The molecule has 0 aliphatic heterocycles. The Hall–Kier alpha value is -3.76.